The van der Waals surface area contributed by atoms with Gasteiger partial charge in [-0.2, -0.15) is 0 Å². The number of carboxylic acids is 3. The van der Waals surface area contributed by atoms with E-state index < -0.39 is 36.4 Å². The highest BCUT2D eigenvalue weighted by Crippen LogP contribution is 2.34. The minimum atomic E-state index is -2.74. The summed E-state index contributed by atoms with van der Waals surface area (Å²) in [5.74, 6) is -3.56. The van der Waals surface area contributed by atoms with Gasteiger partial charge in [-0.3, -0.25) is 24.6 Å². The van der Waals surface area contributed by atoms with Crippen LogP contribution in [0.4, 0.5) is 0 Å². The topological polar surface area (TPSA) is 197 Å². The summed E-state index contributed by atoms with van der Waals surface area (Å²) in [6.07, 6.45) is 0.230. The molecule has 3 aromatic rings. The van der Waals surface area contributed by atoms with Gasteiger partial charge in [-0.25, -0.2) is 4.79 Å². The molecule has 0 amide bonds. The van der Waals surface area contributed by atoms with Crippen molar-refractivity contribution in [3.63, 3.8) is 0 Å². The van der Waals surface area contributed by atoms with Crippen molar-refractivity contribution in [2.45, 2.75) is 31.3 Å². The minimum absolute atomic E-state index is 0.0588. The zero-order valence-electron chi connectivity index (χ0n) is 25.2. The maximum Gasteiger partial charge on any atom is 0.336 e. The summed E-state index contributed by atoms with van der Waals surface area (Å²) in [4.78, 5) is 44.8. The van der Waals surface area contributed by atoms with Crippen molar-refractivity contribution >= 4 is 29.2 Å². The Bertz CT molecular complexity index is 1500. The molecule has 13 heteroatoms. The van der Waals surface area contributed by atoms with E-state index in [4.69, 9.17) is 29.9 Å². The van der Waals surface area contributed by atoms with Crippen LogP contribution >= 0.6 is 0 Å². The molecule has 0 bridgehead atoms. The van der Waals surface area contributed by atoms with Crippen LogP contribution < -0.4 is 9.47 Å². The first-order chi connectivity index (χ1) is 21.9. The van der Waals surface area contributed by atoms with E-state index in [1.807, 2.05) is 66.7 Å². The minimum Gasteiger partial charge on any atom is -0.497 e. The van der Waals surface area contributed by atoms with Crippen molar-refractivity contribution in [1.29, 1.82) is 0 Å². The number of hydrogen-bond acceptors (Lipinski definition) is 9. The second kappa shape index (κ2) is 16.7. The van der Waals surface area contributed by atoms with Crippen LogP contribution in [-0.2, 0) is 14.4 Å². The van der Waals surface area contributed by atoms with Crippen molar-refractivity contribution < 1.29 is 49.2 Å². The highest BCUT2D eigenvalue weighted by molar-refractivity contribution is 5.95. The molecule has 0 unspecified atom stereocenters. The summed E-state index contributed by atoms with van der Waals surface area (Å²) >= 11 is 0. The predicted octanol–water partition coefficient (Wildman–Crippen LogP) is 4.11. The van der Waals surface area contributed by atoms with Crippen LogP contribution in [0.3, 0.4) is 0 Å². The first-order valence-corrected chi connectivity index (χ1v) is 14.4. The van der Waals surface area contributed by atoms with Gasteiger partial charge in [0, 0.05) is 6.54 Å². The molecule has 4 rings (SSSR count). The molecule has 0 aromatic heterocycles. The summed E-state index contributed by atoms with van der Waals surface area (Å²) in [7, 11) is 1.60. The molecule has 1 fully saturated rings. The number of carbonyl (C=O) groups is 3. The fourth-order valence-corrected chi connectivity index (χ4v) is 4.87. The molecule has 3 aromatic carbocycles. The lowest BCUT2D eigenvalue weighted by Gasteiger charge is -2.18. The summed E-state index contributed by atoms with van der Waals surface area (Å²) in [5.41, 5.74) is -0.0747. The van der Waals surface area contributed by atoms with Gasteiger partial charge in [0.1, 0.15) is 18.1 Å². The molecular formula is C33H36N2O11. The molecule has 1 aliphatic rings. The third-order valence-electron chi connectivity index (χ3n) is 7.15. The Morgan fingerprint density at radius 3 is 1.74 bits per heavy atom. The second-order valence-electron chi connectivity index (χ2n) is 10.5. The van der Waals surface area contributed by atoms with Gasteiger partial charge in [-0.1, -0.05) is 42.5 Å². The molecule has 244 valence electrons. The molecule has 0 radical (unpaired) electrons. The normalized spacial score (nSPS) is 13.5. The lowest BCUT2D eigenvalue weighted by Crippen LogP contribution is -2.42. The van der Waals surface area contributed by atoms with Crippen LogP contribution in [-0.4, -0.2) is 87.1 Å². The zero-order chi connectivity index (χ0) is 33.7. The van der Waals surface area contributed by atoms with Crippen molar-refractivity contribution in [3.05, 3.63) is 106 Å². The summed E-state index contributed by atoms with van der Waals surface area (Å²) in [6.45, 7) is 3.83. The molecule has 4 N–H and O–H groups in total. The number of nitrogens with zero attached hydrogens (tertiary/aromatic N) is 2. The monoisotopic (exact) mass is 636 g/mol. The van der Waals surface area contributed by atoms with Gasteiger partial charge in [-0.15, -0.1) is 0 Å². The van der Waals surface area contributed by atoms with E-state index in [1.54, 1.807) is 19.2 Å². The standard InChI is InChI=1S/C27H28N2O4.C6H8O7/c1-32-24-13-9-21(10-14-24)26(27(29(30)31)23-7-3-2-4-8-23)22-11-15-25(16-12-22)33-20-19-28-17-5-6-18-28;7-3(8)1-6(13,5(11)12)2-4(9)10/h2-4,7-16H,5-6,17-20H2,1H3;13H,1-2H2,(H,7,8)(H,9,10)(H,11,12)/b27-26-;. The molecule has 0 aliphatic carbocycles. The van der Waals surface area contributed by atoms with Gasteiger partial charge in [0.15, 0.2) is 5.60 Å². The third kappa shape index (κ3) is 10.1. The van der Waals surface area contributed by atoms with Gasteiger partial charge in [0.2, 0.25) is 0 Å². The van der Waals surface area contributed by atoms with E-state index in [-0.39, 0.29) is 10.6 Å². The Labute approximate surface area is 265 Å². The highest BCUT2D eigenvalue weighted by atomic mass is 16.6. The Balaban J connectivity index is 0.000000376. The van der Waals surface area contributed by atoms with Gasteiger partial charge >= 0.3 is 17.9 Å². The lowest BCUT2D eigenvalue weighted by atomic mass is 9.93. The van der Waals surface area contributed by atoms with Gasteiger partial charge < -0.3 is 29.9 Å². The first kappa shape index (κ1) is 35.2. The SMILES string of the molecule is COc1ccc(/C(=C(\c2ccccc2)[N+](=O)[O-])c2ccc(OCCN3CCCC3)cc2)cc1.O=C(O)CC(O)(CC(=O)O)C(=O)O. The van der Waals surface area contributed by atoms with E-state index in [0.717, 1.165) is 36.5 Å². The Kier molecular flexibility index (Phi) is 12.8. The maximum atomic E-state index is 12.2. The average Bonchev–Trinajstić information content (AvgIpc) is 3.54. The first-order valence-electron chi connectivity index (χ1n) is 14.4. The fourth-order valence-electron chi connectivity index (χ4n) is 4.87. The number of aliphatic carboxylic acids is 3. The third-order valence-corrected chi connectivity index (χ3v) is 7.15. The van der Waals surface area contributed by atoms with E-state index in [2.05, 4.69) is 4.90 Å². The highest BCUT2D eigenvalue weighted by Gasteiger charge is 2.40. The predicted molar refractivity (Wildman–Crippen MR) is 167 cm³/mol. The molecule has 0 atom stereocenters. The number of carboxylic acid groups (broad SMARTS) is 3. The van der Waals surface area contributed by atoms with E-state index >= 15 is 0 Å². The van der Waals surface area contributed by atoms with Gasteiger partial charge in [0.05, 0.1) is 36.0 Å². The largest absolute Gasteiger partial charge is 0.497 e. The number of aliphatic hydroxyl groups is 1. The summed E-state index contributed by atoms with van der Waals surface area (Å²) < 4.78 is 11.2. The van der Waals surface area contributed by atoms with Crippen LogP contribution in [0.1, 0.15) is 42.4 Å². The van der Waals surface area contributed by atoms with Crippen molar-refractivity contribution in [2.24, 2.45) is 0 Å². The number of rotatable bonds is 14. The van der Waals surface area contributed by atoms with Crippen LogP contribution in [0.25, 0.3) is 11.3 Å². The van der Waals surface area contributed by atoms with E-state index in [9.17, 15) is 24.5 Å². The Morgan fingerprint density at radius 1 is 0.804 bits per heavy atom. The van der Waals surface area contributed by atoms with Gasteiger partial charge in [-0.05, 0) is 73.5 Å². The molecule has 1 saturated heterocycles. The lowest BCUT2D eigenvalue weighted by molar-refractivity contribution is -0.374. The van der Waals surface area contributed by atoms with Crippen LogP contribution in [0.15, 0.2) is 78.9 Å². The van der Waals surface area contributed by atoms with Crippen molar-refractivity contribution in [1.82, 2.24) is 4.90 Å². The van der Waals surface area contributed by atoms with Crippen LogP contribution in [0, 0.1) is 10.1 Å². The van der Waals surface area contributed by atoms with Crippen molar-refractivity contribution in [2.75, 3.05) is 33.4 Å². The number of likely N-dealkylation sites (tertiary alicyclic amines) is 1. The smallest absolute Gasteiger partial charge is 0.336 e. The molecule has 0 saturated carbocycles. The molecule has 1 heterocycles. The van der Waals surface area contributed by atoms with E-state index in [0.29, 0.717) is 23.5 Å². The van der Waals surface area contributed by atoms with Gasteiger partial charge in [0.25, 0.3) is 5.70 Å². The molecule has 0 spiro atoms. The molecular weight excluding hydrogens is 600 g/mol. The number of ether oxygens (including phenoxy) is 2. The van der Waals surface area contributed by atoms with Crippen molar-refractivity contribution in [3.8, 4) is 11.5 Å². The maximum absolute atomic E-state index is 12.2. The average molecular weight is 637 g/mol. The quantitative estimate of drug-likeness (QED) is 0.112. The number of nitro groups is 1. The van der Waals surface area contributed by atoms with Crippen LogP contribution in [0.2, 0.25) is 0 Å². The molecule has 1 aliphatic heterocycles. The summed E-state index contributed by atoms with van der Waals surface area (Å²) in [6, 6.07) is 23.8. The van der Waals surface area contributed by atoms with E-state index in [1.165, 1.54) is 12.8 Å². The Morgan fingerprint density at radius 2 is 1.30 bits per heavy atom. The Hall–Kier alpha value is -5.27. The molecule has 46 heavy (non-hydrogen) atoms. The fraction of sp³-hybridized carbons (Fsp3) is 0.303. The van der Waals surface area contributed by atoms with Crippen LogP contribution in [0.5, 0.6) is 11.5 Å². The zero-order valence-corrected chi connectivity index (χ0v) is 25.2. The second-order valence-corrected chi connectivity index (χ2v) is 10.5. The number of methoxy groups -OCH3 is 1. The number of hydrogen-bond donors (Lipinski definition) is 4. The number of benzene rings is 3. The summed E-state index contributed by atoms with van der Waals surface area (Å²) in [5, 5.41) is 46.0. The molecule has 13 nitrogen and oxygen atoms in total.